The molecule has 2 heterocycles. The number of nitrogens with zero attached hydrogens (tertiary/aromatic N) is 3. The number of halogens is 2. The van der Waals surface area contributed by atoms with Crippen LogP contribution in [-0.4, -0.2) is 42.0 Å². The molecule has 1 fully saturated rings. The van der Waals surface area contributed by atoms with E-state index in [2.05, 4.69) is 9.88 Å². The molecule has 0 radical (unpaired) electrons. The second-order valence-electron chi connectivity index (χ2n) is 6.71. The molecule has 0 spiro atoms. The first kappa shape index (κ1) is 17.4. The number of fused-ring (bicyclic) bond motifs is 1. The third kappa shape index (κ3) is 3.47. The molecule has 4 rings (SSSR count). The lowest BCUT2D eigenvalue weighted by Crippen LogP contribution is -2.49. The van der Waals surface area contributed by atoms with Crippen LogP contribution < -0.4 is 4.90 Å². The van der Waals surface area contributed by atoms with Crippen LogP contribution in [0.15, 0.2) is 48.5 Å². The second kappa shape index (κ2) is 6.95. The number of benzene rings is 2. The fourth-order valence-corrected chi connectivity index (χ4v) is 3.44. The largest absolute Gasteiger partial charge is 0.368 e. The zero-order valence-corrected chi connectivity index (χ0v) is 15.0. The fourth-order valence-electron chi connectivity index (χ4n) is 3.44. The van der Waals surface area contributed by atoms with Crippen molar-refractivity contribution in [3.8, 4) is 0 Å². The smallest absolute Gasteiger partial charge is 0.255 e. The average Bonchev–Trinajstić information content (AvgIpc) is 2.67. The summed E-state index contributed by atoms with van der Waals surface area (Å²) in [6.07, 6.45) is 0. The van der Waals surface area contributed by atoms with E-state index in [0.717, 1.165) is 11.1 Å². The minimum Gasteiger partial charge on any atom is -0.368 e. The van der Waals surface area contributed by atoms with E-state index in [-0.39, 0.29) is 17.5 Å². The molecule has 27 heavy (non-hydrogen) atoms. The standard InChI is InChI=1S/C21H19F2N3O/c1-14-19(12-15-2-3-17(23)13-20(15)24-14)21(27)26-10-8-25(9-11-26)18-6-4-16(22)5-7-18/h2-7,12-13H,8-11H2,1H3. The van der Waals surface area contributed by atoms with Crippen LogP contribution in [-0.2, 0) is 0 Å². The average molecular weight is 367 g/mol. The minimum absolute atomic E-state index is 0.0648. The Labute approximate surface area is 156 Å². The highest BCUT2D eigenvalue weighted by Crippen LogP contribution is 2.21. The van der Waals surface area contributed by atoms with Gasteiger partial charge in [0, 0.05) is 43.3 Å². The van der Waals surface area contributed by atoms with E-state index >= 15 is 0 Å². The van der Waals surface area contributed by atoms with Gasteiger partial charge in [0.2, 0.25) is 0 Å². The summed E-state index contributed by atoms with van der Waals surface area (Å²) in [6.45, 7) is 4.30. The number of piperazine rings is 1. The first-order chi connectivity index (χ1) is 13.0. The van der Waals surface area contributed by atoms with Gasteiger partial charge in [0.05, 0.1) is 16.8 Å². The lowest BCUT2D eigenvalue weighted by Gasteiger charge is -2.36. The second-order valence-corrected chi connectivity index (χ2v) is 6.71. The van der Waals surface area contributed by atoms with Crippen molar-refractivity contribution >= 4 is 22.5 Å². The van der Waals surface area contributed by atoms with E-state index in [4.69, 9.17) is 0 Å². The van der Waals surface area contributed by atoms with Gasteiger partial charge in [-0.3, -0.25) is 9.78 Å². The Bertz CT molecular complexity index is 996. The summed E-state index contributed by atoms with van der Waals surface area (Å²) < 4.78 is 26.5. The predicted molar refractivity (Wildman–Crippen MR) is 101 cm³/mol. The molecule has 6 heteroatoms. The first-order valence-corrected chi connectivity index (χ1v) is 8.88. The van der Waals surface area contributed by atoms with Crippen molar-refractivity contribution < 1.29 is 13.6 Å². The summed E-state index contributed by atoms with van der Waals surface area (Å²) in [7, 11) is 0. The van der Waals surface area contributed by atoms with Gasteiger partial charge in [-0.2, -0.15) is 0 Å². The lowest BCUT2D eigenvalue weighted by atomic mass is 10.1. The molecule has 138 valence electrons. The summed E-state index contributed by atoms with van der Waals surface area (Å²) >= 11 is 0. The maximum atomic E-state index is 13.4. The number of pyridine rings is 1. The van der Waals surface area contributed by atoms with Crippen LogP contribution in [0.1, 0.15) is 16.1 Å². The summed E-state index contributed by atoms with van der Waals surface area (Å²) in [5.74, 6) is -0.665. The van der Waals surface area contributed by atoms with Gasteiger partial charge in [-0.15, -0.1) is 0 Å². The number of aryl methyl sites for hydroxylation is 1. The van der Waals surface area contributed by atoms with Gasteiger partial charge >= 0.3 is 0 Å². The Morgan fingerprint density at radius 3 is 2.30 bits per heavy atom. The van der Waals surface area contributed by atoms with Gasteiger partial charge in [-0.25, -0.2) is 8.78 Å². The Hall–Kier alpha value is -3.02. The van der Waals surface area contributed by atoms with Gasteiger partial charge in [0.15, 0.2) is 0 Å². The Balaban J connectivity index is 1.51. The highest BCUT2D eigenvalue weighted by Gasteiger charge is 2.24. The molecule has 1 saturated heterocycles. The van der Waals surface area contributed by atoms with E-state index < -0.39 is 0 Å². The zero-order chi connectivity index (χ0) is 19.0. The third-order valence-corrected chi connectivity index (χ3v) is 4.96. The molecule has 0 atom stereocenters. The van der Waals surface area contributed by atoms with Crippen molar-refractivity contribution in [3.63, 3.8) is 0 Å². The minimum atomic E-state index is -0.342. The molecular weight excluding hydrogens is 348 g/mol. The zero-order valence-electron chi connectivity index (χ0n) is 15.0. The number of carbonyl (C=O) groups excluding carboxylic acids is 1. The maximum Gasteiger partial charge on any atom is 0.255 e. The molecule has 4 nitrogen and oxygen atoms in total. The molecule has 0 bridgehead atoms. The molecule has 1 aliphatic rings. The monoisotopic (exact) mass is 367 g/mol. The first-order valence-electron chi connectivity index (χ1n) is 8.88. The number of amides is 1. The van der Waals surface area contributed by atoms with Crippen molar-refractivity contribution in [2.45, 2.75) is 6.92 Å². The Morgan fingerprint density at radius 2 is 1.59 bits per heavy atom. The van der Waals surface area contributed by atoms with Crippen molar-refractivity contribution in [3.05, 3.63) is 71.4 Å². The number of hydrogen-bond donors (Lipinski definition) is 0. The molecule has 0 unspecified atom stereocenters. The van der Waals surface area contributed by atoms with E-state index in [1.165, 1.54) is 24.3 Å². The highest BCUT2D eigenvalue weighted by molar-refractivity contribution is 5.98. The number of rotatable bonds is 2. The van der Waals surface area contributed by atoms with Crippen LogP contribution in [0.2, 0.25) is 0 Å². The van der Waals surface area contributed by atoms with Gasteiger partial charge in [0.1, 0.15) is 11.6 Å². The lowest BCUT2D eigenvalue weighted by molar-refractivity contribution is 0.0746. The molecule has 0 aliphatic carbocycles. The molecular formula is C21H19F2N3O. The Morgan fingerprint density at radius 1 is 0.926 bits per heavy atom. The van der Waals surface area contributed by atoms with Gasteiger partial charge < -0.3 is 9.80 Å². The van der Waals surface area contributed by atoms with E-state index in [9.17, 15) is 13.6 Å². The molecule has 1 aliphatic heterocycles. The van der Waals surface area contributed by atoms with E-state index in [0.29, 0.717) is 43.0 Å². The summed E-state index contributed by atoms with van der Waals surface area (Å²) in [4.78, 5) is 21.3. The molecule has 3 aromatic rings. The van der Waals surface area contributed by atoms with E-state index in [1.54, 1.807) is 36.1 Å². The van der Waals surface area contributed by atoms with Crippen LogP contribution in [0.3, 0.4) is 0 Å². The van der Waals surface area contributed by atoms with Crippen molar-refractivity contribution in [1.82, 2.24) is 9.88 Å². The number of aromatic nitrogens is 1. The van der Waals surface area contributed by atoms with Crippen molar-refractivity contribution in [2.24, 2.45) is 0 Å². The van der Waals surface area contributed by atoms with Crippen LogP contribution in [0.25, 0.3) is 10.9 Å². The number of hydrogen-bond acceptors (Lipinski definition) is 3. The van der Waals surface area contributed by atoms with E-state index in [1.807, 2.05) is 0 Å². The van der Waals surface area contributed by atoms with Crippen molar-refractivity contribution in [1.29, 1.82) is 0 Å². The molecule has 1 amide bonds. The van der Waals surface area contributed by atoms with Gasteiger partial charge in [-0.1, -0.05) is 0 Å². The third-order valence-electron chi connectivity index (χ3n) is 4.96. The van der Waals surface area contributed by atoms with Crippen LogP contribution in [0.4, 0.5) is 14.5 Å². The maximum absolute atomic E-state index is 13.4. The molecule has 2 aromatic carbocycles. The summed E-state index contributed by atoms with van der Waals surface area (Å²) in [5.41, 5.74) is 2.64. The number of anilines is 1. The molecule has 1 aromatic heterocycles. The van der Waals surface area contributed by atoms with Gasteiger partial charge in [0.25, 0.3) is 5.91 Å². The van der Waals surface area contributed by atoms with Gasteiger partial charge in [-0.05, 0) is 49.4 Å². The fraction of sp³-hybridized carbons (Fsp3) is 0.238. The normalized spacial score (nSPS) is 14.6. The predicted octanol–water partition coefficient (Wildman–Crippen LogP) is 3.78. The topological polar surface area (TPSA) is 36.4 Å². The summed E-state index contributed by atoms with van der Waals surface area (Å²) in [6, 6.07) is 12.6. The number of carbonyl (C=O) groups is 1. The highest BCUT2D eigenvalue weighted by atomic mass is 19.1. The van der Waals surface area contributed by atoms with Crippen LogP contribution >= 0.6 is 0 Å². The molecule has 0 saturated carbocycles. The van der Waals surface area contributed by atoms with Crippen molar-refractivity contribution in [2.75, 3.05) is 31.1 Å². The Kier molecular flexibility index (Phi) is 4.48. The molecule has 0 N–H and O–H groups in total. The van der Waals surface area contributed by atoms with Crippen LogP contribution in [0.5, 0.6) is 0 Å². The van der Waals surface area contributed by atoms with Crippen LogP contribution in [0, 0.1) is 18.6 Å². The SMILES string of the molecule is Cc1nc2cc(F)ccc2cc1C(=O)N1CCN(c2ccc(F)cc2)CC1. The summed E-state index contributed by atoms with van der Waals surface area (Å²) in [5, 5.41) is 0.746. The quantitative estimate of drug-likeness (QED) is 0.692.